The number of carbonyl (C=O) groups is 1. The highest BCUT2D eigenvalue weighted by Crippen LogP contribution is 2.36. The Hall–Kier alpha value is -2.66. The van der Waals surface area contributed by atoms with Crippen molar-refractivity contribution in [2.24, 2.45) is 0 Å². The van der Waals surface area contributed by atoms with Crippen LogP contribution in [0.15, 0.2) is 47.4 Å². The molecule has 0 aliphatic carbocycles. The summed E-state index contributed by atoms with van der Waals surface area (Å²) in [6.45, 7) is 6.52. The minimum atomic E-state index is -3.90. The van der Waals surface area contributed by atoms with Gasteiger partial charge in [0.25, 0.3) is 0 Å². The van der Waals surface area contributed by atoms with Gasteiger partial charge in [-0.3, -0.25) is 9.69 Å². The molecule has 0 saturated carbocycles. The molecular weight excluding hydrogens is 470 g/mol. The monoisotopic (exact) mass is 505 g/mol. The van der Waals surface area contributed by atoms with Crippen molar-refractivity contribution in [2.45, 2.75) is 30.7 Å². The van der Waals surface area contributed by atoms with Gasteiger partial charge >= 0.3 is 0 Å². The van der Waals surface area contributed by atoms with E-state index in [1.165, 1.54) is 14.2 Å². The van der Waals surface area contributed by atoms with E-state index < -0.39 is 16.1 Å². The van der Waals surface area contributed by atoms with Crippen LogP contribution in [0.4, 0.5) is 0 Å². The van der Waals surface area contributed by atoms with Gasteiger partial charge in [0.15, 0.2) is 11.5 Å². The topological polar surface area (TPSA) is 106 Å². The summed E-state index contributed by atoms with van der Waals surface area (Å²) >= 11 is 0. The molecule has 1 atom stereocenters. The molecule has 9 nitrogen and oxygen atoms in total. The second-order valence-electron chi connectivity index (χ2n) is 8.43. The van der Waals surface area contributed by atoms with Crippen LogP contribution in [0.3, 0.4) is 0 Å². The summed E-state index contributed by atoms with van der Waals surface area (Å²) in [5.74, 6) is 0.579. The molecule has 0 aromatic heterocycles. The van der Waals surface area contributed by atoms with Gasteiger partial charge in [0, 0.05) is 31.6 Å². The number of hydrogen-bond acceptors (Lipinski definition) is 7. The third-order valence-electron chi connectivity index (χ3n) is 5.90. The second-order valence-corrected chi connectivity index (χ2v) is 10.1. The van der Waals surface area contributed by atoms with Crippen LogP contribution >= 0.6 is 0 Å². The number of nitrogens with zero attached hydrogens (tertiary/aromatic N) is 1. The Balaban J connectivity index is 1.74. The van der Waals surface area contributed by atoms with E-state index in [0.717, 1.165) is 44.8 Å². The molecule has 2 N–H and O–H groups in total. The van der Waals surface area contributed by atoms with Crippen LogP contribution in [-0.2, 0) is 19.6 Å². The fourth-order valence-electron chi connectivity index (χ4n) is 3.99. The quantitative estimate of drug-likeness (QED) is 0.426. The van der Waals surface area contributed by atoms with Crippen molar-refractivity contribution in [1.82, 2.24) is 14.9 Å². The van der Waals surface area contributed by atoms with Crippen molar-refractivity contribution in [2.75, 3.05) is 53.6 Å². The molecule has 1 amide bonds. The molecule has 10 heteroatoms. The number of sulfonamides is 1. The molecule has 1 aliphatic heterocycles. The number of methoxy groups -OCH3 is 2. The zero-order valence-electron chi connectivity index (χ0n) is 20.6. The molecule has 192 valence electrons. The lowest BCUT2D eigenvalue weighted by molar-refractivity contribution is -0.121. The van der Waals surface area contributed by atoms with Gasteiger partial charge in [-0.2, -0.15) is 0 Å². The van der Waals surface area contributed by atoms with Gasteiger partial charge in [-0.15, -0.1) is 0 Å². The van der Waals surface area contributed by atoms with E-state index in [1.807, 2.05) is 6.92 Å². The van der Waals surface area contributed by atoms with E-state index in [9.17, 15) is 13.2 Å². The largest absolute Gasteiger partial charge is 0.493 e. The SMILES string of the molecule is COc1cccc([C@H](CC(=O)NCCCN2CCOCC2)NS(=O)(=O)c2ccc(C)cc2)c1OC. The fraction of sp³-hybridized carbons (Fsp3) is 0.480. The highest BCUT2D eigenvalue weighted by molar-refractivity contribution is 7.89. The molecule has 1 saturated heterocycles. The Morgan fingerprint density at radius 2 is 1.80 bits per heavy atom. The van der Waals surface area contributed by atoms with Gasteiger partial charge in [0.2, 0.25) is 15.9 Å². The highest BCUT2D eigenvalue weighted by Gasteiger charge is 2.27. The molecule has 0 bridgehead atoms. The minimum absolute atomic E-state index is 0.0911. The molecule has 0 radical (unpaired) electrons. The van der Waals surface area contributed by atoms with E-state index in [2.05, 4.69) is 14.9 Å². The summed E-state index contributed by atoms with van der Waals surface area (Å²) in [6.07, 6.45) is 0.708. The van der Waals surface area contributed by atoms with Crippen LogP contribution < -0.4 is 19.5 Å². The highest BCUT2D eigenvalue weighted by atomic mass is 32.2. The smallest absolute Gasteiger partial charge is 0.241 e. The molecule has 0 unspecified atom stereocenters. The van der Waals surface area contributed by atoms with Gasteiger partial charge in [-0.05, 0) is 38.1 Å². The first-order valence-corrected chi connectivity index (χ1v) is 13.2. The third-order valence-corrected chi connectivity index (χ3v) is 7.39. The maximum atomic E-state index is 13.2. The molecule has 3 rings (SSSR count). The lowest BCUT2D eigenvalue weighted by Gasteiger charge is -2.26. The lowest BCUT2D eigenvalue weighted by Crippen LogP contribution is -2.38. The maximum Gasteiger partial charge on any atom is 0.241 e. The Morgan fingerprint density at radius 1 is 1.09 bits per heavy atom. The van der Waals surface area contributed by atoms with E-state index in [0.29, 0.717) is 23.6 Å². The minimum Gasteiger partial charge on any atom is -0.493 e. The normalized spacial score (nSPS) is 15.4. The van der Waals surface area contributed by atoms with Gasteiger partial charge in [-0.1, -0.05) is 29.8 Å². The van der Waals surface area contributed by atoms with Crippen LogP contribution in [-0.4, -0.2) is 72.8 Å². The molecule has 0 spiro atoms. The van der Waals surface area contributed by atoms with Gasteiger partial charge < -0.3 is 19.5 Å². The van der Waals surface area contributed by atoms with Gasteiger partial charge in [-0.25, -0.2) is 13.1 Å². The number of ether oxygens (including phenoxy) is 3. The lowest BCUT2D eigenvalue weighted by atomic mass is 10.0. The van der Waals surface area contributed by atoms with Crippen LogP contribution in [0.1, 0.15) is 30.0 Å². The Kier molecular flexibility index (Phi) is 9.91. The summed E-state index contributed by atoms with van der Waals surface area (Å²) in [5, 5.41) is 2.92. The van der Waals surface area contributed by atoms with Gasteiger partial charge in [0.1, 0.15) is 0 Å². The van der Waals surface area contributed by atoms with Crippen LogP contribution in [0.5, 0.6) is 11.5 Å². The molecule has 1 fully saturated rings. The van der Waals surface area contributed by atoms with Crippen molar-refractivity contribution in [1.29, 1.82) is 0 Å². The Bertz CT molecular complexity index is 1070. The fourth-order valence-corrected chi connectivity index (χ4v) is 5.20. The van der Waals surface area contributed by atoms with Gasteiger partial charge in [0.05, 0.1) is 38.4 Å². The number of para-hydroxylation sites is 1. The number of carbonyl (C=O) groups excluding carboxylic acids is 1. The first kappa shape index (κ1) is 26.9. The van der Waals surface area contributed by atoms with Crippen molar-refractivity contribution < 1.29 is 27.4 Å². The number of aryl methyl sites for hydroxylation is 1. The van der Waals surface area contributed by atoms with E-state index in [4.69, 9.17) is 14.2 Å². The number of nitrogens with one attached hydrogen (secondary N) is 2. The number of hydrogen-bond donors (Lipinski definition) is 2. The zero-order chi connectivity index (χ0) is 25.3. The van der Waals surface area contributed by atoms with E-state index in [1.54, 1.807) is 42.5 Å². The molecule has 1 heterocycles. The average Bonchev–Trinajstić information content (AvgIpc) is 2.86. The van der Waals surface area contributed by atoms with Crippen LogP contribution in [0, 0.1) is 6.92 Å². The first-order valence-electron chi connectivity index (χ1n) is 11.7. The van der Waals surface area contributed by atoms with Crippen molar-refractivity contribution in [3.8, 4) is 11.5 Å². The van der Waals surface area contributed by atoms with Crippen molar-refractivity contribution in [3.63, 3.8) is 0 Å². The standard InChI is InChI=1S/C25H35N3O6S/c1-19-8-10-20(11-9-19)35(30,31)27-22(21-6-4-7-23(32-2)25(21)33-3)18-24(29)26-12-5-13-28-14-16-34-17-15-28/h4,6-11,22,27H,5,12-18H2,1-3H3,(H,26,29)/t22-/m0/s1. The molecular formula is C25H35N3O6S. The maximum absolute atomic E-state index is 13.2. The summed E-state index contributed by atoms with van der Waals surface area (Å²) in [4.78, 5) is 15.3. The van der Waals surface area contributed by atoms with Crippen molar-refractivity contribution in [3.05, 3.63) is 53.6 Å². The number of morpholine rings is 1. The Morgan fingerprint density at radius 3 is 2.46 bits per heavy atom. The number of amides is 1. The zero-order valence-corrected chi connectivity index (χ0v) is 21.4. The molecule has 1 aliphatic rings. The number of rotatable bonds is 12. The van der Waals surface area contributed by atoms with Crippen LogP contribution in [0.2, 0.25) is 0 Å². The van der Waals surface area contributed by atoms with Crippen molar-refractivity contribution >= 4 is 15.9 Å². The second kappa shape index (κ2) is 12.9. The van der Waals surface area contributed by atoms with E-state index in [-0.39, 0.29) is 17.2 Å². The molecule has 2 aromatic rings. The summed E-state index contributed by atoms with van der Waals surface area (Å²) in [7, 11) is -0.906. The van der Waals surface area contributed by atoms with Crippen LogP contribution in [0.25, 0.3) is 0 Å². The summed E-state index contributed by atoms with van der Waals surface area (Å²) in [6, 6.07) is 10.9. The first-order chi connectivity index (χ1) is 16.8. The predicted molar refractivity (Wildman–Crippen MR) is 133 cm³/mol. The molecule has 2 aromatic carbocycles. The molecule has 35 heavy (non-hydrogen) atoms. The summed E-state index contributed by atoms with van der Waals surface area (Å²) < 4.78 is 45.3. The van der Waals surface area contributed by atoms with E-state index >= 15 is 0 Å². The Labute approximate surface area is 207 Å². The summed E-state index contributed by atoms with van der Waals surface area (Å²) in [5.41, 5.74) is 1.47. The predicted octanol–water partition coefficient (Wildman–Crippen LogP) is 2.26. The average molecular weight is 506 g/mol. The third kappa shape index (κ3) is 7.66. The number of benzene rings is 2.